The topological polar surface area (TPSA) is 91.2 Å². The van der Waals surface area contributed by atoms with Crippen molar-refractivity contribution >= 4 is 27.9 Å². The van der Waals surface area contributed by atoms with Crippen LogP contribution in [0.25, 0.3) is 6.08 Å². The molecule has 0 radical (unpaired) electrons. The van der Waals surface area contributed by atoms with Gasteiger partial charge < -0.3 is 15.1 Å². The minimum absolute atomic E-state index is 0.0386. The molecule has 1 saturated heterocycles. The van der Waals surface area contributed by atoms with E-state index in [1.807, 2.05) is 37.3 Å². The van der Waals surface area contributed by atoms with Crippen LogP contribution < -0.4 is 10.2 Å². The van der Waals surface area contributed by atoms with E-state index in [2.05, 4.69) is 5.32 Å². The van der Waals surface area contributed by atoms with E-state index in [0.29, 0.717) is 32.7 Å². The molecule has 1 fully saturated rings. The number of nitrogens with one attached hydrogen (secondary N) is 2. The highest BCUT2D eigenvalue weighted by Gasteiger charge is 2.29. The van der Waals surface area contributed by atoms with Gasteiger partial charge in [0.05, 0.1) is 32.7 Å². The molecular weight excluding hydrogens is 392 g/mol. The third kappa shape index (κ3) is 7.60. The maximum absolute atomic E-state index is 12.5. The van der Waals surface area contributed by atoms with Gasteiger partial charge in [0.15, 0.2) is 6.54 Å². The largest absolute Gasteiger partial charge is 0.355 e. The van der Waals surface area contributed by atoms with Gasteiger partial charge in [-0.05, 0) is 18.1 Å². The van der Waals surface area contributed by atoms with Gasteiger partial charge in [-0.1, -0.05) is 37.3 Å². The second-order valence-corrected chi connectivity index (χ2v) is 9.00. The molecule has 0 bridgehead atoms. The smallest absolute Gasteiger partial charge is 0.277 e. The van der Waals surface area contributed by atoms with Gasteiger partial charge in [-0.3, -0.25) is 9.59 Å². The molecule has 0 aliphatic carbocycles. The van der Waals surface area contributed by atoms with Crippen LogP contribution in [0, 0.1) is 0 Å². The summed E-state index contributed by atoms with van der Waals surface area (Å²) in [6.45, 7) is 4.70. The van der Waals surface area contributed by atoms with Crippen LogP contribution in [0.15, 0.2) is 35.7 Å². The fourth-order valence-corrected chi connectivity index (χ4v) is 4.21. The molecule has 8 nitrogen and oxygen atoms in total. The number of hydrogen-bond donors (Lipinski definition) is 2. The van der Waals surface area contributed by atoms with Gasteiger partial charge in [0, 0.05) is 19.0 Å². The van der Waals surface area contributed by atoms with E-state index in [0.717, 1.165) is 16.9 Å². The van der Waals surface area contributed by atoms with Gasteiger partial charge in [-0.25, -0.2) is 8.42 Å². The SMILES string of the molecule is CCCNC(=O)CN(C)C(=O)C[NH+]1CCN(S(=O)(=O)/C=C/c2ccccc2)CC1. The van der Waals surface area contributed by atoms with E-state index in [-0.39, 0.29) is 24.9 Å². The number of likely N-dealkylation sites (N-methyl/N-ethyl adjacent to an activating group) is 1. The molecule has 0 spiro atoms. The van der Waals surface area contributed by atoms with E-state index in [9.17, 15) is 18.0 Å². The Hall–Kier alpha value is -2.23. The second-order valence-electron chi connectivity index (χ2n) is 7.18. The van der Waals surface area contributed by atoms with Crippen molar-refractivity contribution in [3.63, 3.8) is 0 Å². The third-order valence-corrected chi connectivity index (χ3v) is 6.37. The van der Waals surface area contributed by atoms with Crippen molar-refractivity contribution in [2.24, 2.45) is 0 Å². The number of sulfonamides is 1. The molecular formula is C20H31N4O4S+. The Balaban J connectivity index is 1.80. The normalized spacial score (nSPS) is 16.1. The van der Waals surface area contributed by atoms with E-state index < -0.39 is 10.0 Å². The minimum atomic E-state index is -3.48. The quantitative estimate of drug-likeness (QED) is 0.543. The number of hydrogen-bond acceptors (Lipinski definition) is 4. The predicted molar refractivity (Wildman–Crippen MR) is 112 cm³/mol. The minimum Gasteiger partial charge on any atom is -0.355 e. The zero-order valence-corrected chi connectivity index (χ0v) is 18.0. The summed E-state index contributed by atoms with van der Waals surface area (Å²) in [6.07, 6.45) is 2.44. The molecule has 1 heterocycles. The van der Waals surface area contributed by atoms with Gasteiger partial charge >= 0.3 is 0 Å². The van der Waals surface area contributed by atoms with Crippen molar-refractivity contribution in [2.45, 2.75) is 13.3 Å². The summed E-state index contributed by atoms with van der Waals surface area (Å²) in [5.74, 6) is -0.286. The molecule has 1 aromatic rings. The lowest BCUT2D eigenvalue weighted by Gasteiger charge is -2.31. The standard InChI is InChI=1S/C20H30N4O4S/c1-3-10-21-19(25)16-22(2)20(26)17-23-11-13-24(14-12-23)29(27,28)15-9-18-7-5-4-6-8-18/h4-9,15H,3,10-14,16-17H2,1-2H3,(H,21,25)/p+1/b15-9+. The van der Waals surface area contributed by atoms with Crippen LogP contribution in [-0.4, -0.2) is 82.3 Å². The summed E-state index contributed by atoms with van der Waals surface area (Å²) in [5, 5.41) is 3.99. The van der Waals surface area contributed by atoms with Crippen LogP contribution >= 0.6 is 0 Å². The van der Waals surface area contributed by atoms with Gasteiger partial charge in [-0.2, -0.15) is 4.31 Å². The van der Waals surface area contributed by atoms with Crippen molar-refractivity contribution in [3.05, 3.63) is 41.3 Å². The molecule has 160 valence electrons. The molecule has 2 rings (SSSR count). The molecule has 1 aromatic carbocycles. The Labute approximate surface area is 173 Å². The van der Waals surface area contributed by atoms with Crippen LogP contribution in [0.1, 0.15) is 18.9 Å². The third-order valence-electron chi connectivity index (χ3n) is 4.80. The van der Waals surface area contributed by atoms with Gasteiger partial charge in [0.2, 0.25) is 15.9 Å². The molecule has 0 atom stereocenters. The molecule has 1 aliphatic rings. The van der Waals surface area contributed by atoms with Gasteiger partial charge in [0.25, 0.3) is 5.91 Å². The number of benzene rings is 1. The lowest BCUT2D eigenvalue weighted by atomic mass is 10.2. The van der Waals surface area contributed by atoms with Gasteiger partial charge in [0.1, 0.15) is 0 Å². The van der Waals surface area contributed by atoms with E-state index in [1.165, 1.54) is 14.6 Å². The molecule has 9 heteroatoms. The van der Waals surface area contributed by atoms with Gasteiger partial charge in [-0.15, -0.1) is 0 Å². The number of carbonyl (C=O) groups excluding carboxylic acids is 2. The predicted octanol–water partition coefficient (Wildman–Crippen LogP) is -0.828. The maximum Gasteiger partial charge on any atom is 0.277 e. The number of rotatable bonds is 9. The summed E-state index contributed by atoms with van der Waals surface area (Å²) in [5.41, 5.74) is 0.831. The van der Waals surface area contributed by atoms with Crippen molar-refractivity contribution in [2.75, 3.05) is 52.9 Å². The Kier molecular flexibility index (Phi) is 8.81. The molecule has 2 amide bonds. The first-order valence-electron chi connectivity index (χ1n) is 9.89. The molecule has 1 aliphatic heterocycles. The molecule has 29 heavy (non-hydrogen) atoms. The summed E-state index contributed by atoms with van der Waals surface area (Å²) in [6, 6.07) is 9.29. The first-order chi connectivity index (χ1) is 13.8. The fraction of sp³-hybridized carbons (Fsp3) is 0.500. The van der Waals surface area contributed by atoms with E-state index >= 15 is 0 Å². The Bertz CT molecular complexity index is 803. The van der Waals surface area contributed by atoms with Crippen molar-refractivity contribution in [3.8, 4) is 0 Å². The van der Waals surface area contributed by atoms with Crippen molar-refractivity contribution < 1.29 is 22.9 Å². The summed E-state index contributed by atoms with van der Waals surface area (Å²) >= 11 is 0. The summed E-state index contributed by atoms with van der Waals surface area (Å²) in [4.78, 5) is 26.5. The number of piperazine rings is 1. The first-order valence-corrected chi connectivity index (χ1v) is 11.4. The summed E-state index contributed by atoms with van der Waals surface area (Å²) in [7, 11) is -1.87. The zero-order chi connectivity index (χ0) is 21.3. The van der Waals surface area contributed by atoms with E-state index in [1.54, 1.807) is 13.1 Å². The number of nitrogens with zero attached hydrogens (tertiary/aromatic N) is 2. The summed E-state index contributed by atoms with van der Waals surface area (Å²) < 4.78 is 26.5. The Morgan fingerprint density at radius 2 is 1.86 bits per heavy atom. The lowest BCUT2D eigenvalue weighted by Crippen LogP contribution is -3.15. The monoisotopic (exact) mass is 423 g/mol. The Morgan fingerprint density at radius 1 is 1.21 bits per heavy atom. The molecule has 0 saturated carbocycles. The fourth-order valence-electron chi connectivity index (χ4n) is 3.02. The lowest BCUT2D eigenvalue weighted by molar-refractivity contribution is -0.895. The zero-order valence-electron chi connectivity index (χ0n) is 17.1. The van der Waals surface area contributed by atoms with E-state index in [4.69, 9.17) is 0 Å². The molecule has 2 N–H and O–H groups in total. The van der Waals surface area contributed by atoms with Crippen molar-refractivity contribution in [1.82, 2.24) is 14.5 Å². The first kappa shape index (κ1) is 23.1. The van der Waals surface area contributed by atoms with Crippen LogP contribution in [0.5, 0.6) is 0 Å². The van der Waals surface area contributed by atoms with Crippen LogP contribution in [0.4, 0.5) is 0 Å². The Morgan fingerprint density at radius 3 is 2.48 bits per heavy atom. The average molecular weight is 424 g/mol. The van der Waals surface area contributed by atoms with Crippen LogP contribution in [-0.2, 0) is 19.6 Å². The maximum atomic E-state index is 12.5. The highest BCUT2D eigenvalue weighted by Crippen LogP contribution is 2.08. The second kappa shape index (κ2) is 11.1. The molecule has 0 unspecified atom stereocenters. The highest BCUT2D eigenvalue weighted by molar-refractivity contribution is 7.92. The molecule has 0 aromatic heterocycles. The average Bonchev–Trinajstić information content (AvgIpc) is 2.72. The number of amides is 2. The van der Waals surface area contributed by atoms with Crippen molar-refractivity contribution in [1.29, 1.82) is 0 Å². The van der Waals surface area contributed by atoms with Crippen LogP contribution in [0.3, 0.4) is 0 Å². The van der Waals surface area contributed by atoms with Crippen LogP contribution in [0.2, 0.25) is 0 Å². The number of carbonyl (C=O) groups is 2. The number of quaternary nitrogens is 1. The highest BCUT2D eigenvalue weighted by atomic mass is 32.2.